The lowest BCUT2D eigenvalue weighted by Crippen LogP contribution is -2.47. The number of non-ortho nitro benzene ring substituents is 1. The van der Waals surface area contributed by atoms with Gasteiger partial charge in [0.15, 0.2) is 0 Å². The van der Waals surface area contributed by atoms with Crippen molar-refractivity contribution in [1.29, 1.82) is 0 Å². The Morgan fingerprint density at radius 1 is 0.697 bits per heavy atom. The van der Waals surface area contributed by atoms with E-state index in [1.165, 1.54) is 55.3 Å². The van der Waals surface area contributed by atoms with Crippen molar-refractivity contribution < 1.29 is 81.0 Å². The van der Waals surface area contributed by atoms with Crippen molar-refractivity contribution in [3.63, 3.8) is 0 Å². The first-order valence-corrected chi connectivity index (χ1v) is 21.2. The molecule has 2 aromatic carbocycles. The number of alkyl carbamates (subject to hydrolysis) is 1. The van der Waals surface area contributed by atoms with Crippen LogP contribution in [0, 0.1) is 10.1 Å². The highest BCUT2D eigenvalue weighted by atomic mass is 16.7. The van der Waals surface area contributed by atoms with Crippen molar-refractivity contribution >= 4 is 41.3 Å². The van der Waals surface area contributed by atoms with Gasteiger partial charge in [0.2, 0.25) is 17.9 Å². The molecule has 0 saturated carbocycles. The van der Waals surface area contributed by atoms with Gasteiger partial charge in [0, 0.05) is 44.1 Å². The molecule has 0 saturated heterocycles. The first-order chi connectivity index (χ1) is 31.6. The number of hydrogen-bond donors (Lipinski definition) is 3. The molecule has 0 radical (unpaired) electrons. The number of rotatable bonds is 34. The minimum atomic E-state index is -1.52. The number of likely N-dealkylation sites (N-methyl/N-ethyl adjacent to an activating group) is 1. The Bertz CT molecular complexity index is 1730. The van der Waals surface area contributed by atoms with Crippen molar-refractivity contribution in [3.05, 3.63) is 64.2 Å². The van der Waals surface area contributed by atoms with E-state index in [1.807, 2.05) is 0 Å². The van der Waals surface area contributed by atoms with E-state index in [0.717, 1.165) is 12.1 Å². The molecule has 3 N–H and O–H groups in total. The van der Waals surface area contributed by atoms with Gasteiger partial charge in [-0.05, 0) is 52.0 Å². The van der Waals surface area contributed by atoms with E-state index in [2.05, 4.69) is 16.0 Å². The summed E-state index contributed by atoms with van der Waals surface area (Å²) in [6.45, 7) is 12.2. The Hall–Kier alpha value is -5.53. The molecule has 66 heavy (non-hydrogen) atoms. The Kier molecular flexibility index (Phi) is 28.3. The Balaban J connectivity index is 1.76. The molecule has 2 atom stereocenters. The van der Waals surface area contributed by atoms with Crippen molar-refractivity contribution in [2.45, 2.75) is 45.4 Å². The second-order valence-corrected chi connectivity index (χ2v) is 14.9. The number of carbonyl (C=O) groups excluding carboxylic acids is 5. The van der Waals surface area contributed by atoms with Crippen molar-refractivity contribution in [2.75, 3.05) is 132 Å². The van der Waals surface area contributed by atoms with Crippen LogP contribution in [0.25, 0.3) is 0 Å². The molecular formula is C43H65N5O18. The molecule has 2 rings (SSSR count). The van der Waals surface area contributed by atoms with Crippen molar-refractivity contribution in [3.8, 4) is 5.75 Å². The number of methoxy groups -OCH3 is 1. The Morgan fingerprint density at radius 3 is 1.62 bits per heavy atom. The summed E-state index contributed by atoms with van der Waals surface area (Å²) < 4.78 is 58.9. The number of amides is 4. The zero-order valence-corrected chi connectivity index (χ0v) is 38.5. The predicted octanol–water partition coefficient (Wildman–Crippen LogP) is 3.04. The monoisotopic (exact) mass is 939 g/mol. The summed E-state index contributed by atoms with van der Waals surface area (Å²) in [5.41, 5.74) is -0.486. The van der Waals surface area contributed by atoms with Gasteiger partial charge in [-0.2, -0.15) is 0 Å². The second-order valence-electron chi connectivity index (χ2n) is 14.9. The average molecular weight is 940 g/mol. The summed E-state index contributed by atoms with van der Waals surface area (Å²) in [7, 11) is 3.11. The topological polar surface area (TPSA) is 269 Å². The minimum Gasteiger partial charge on any atom is -0.444 e. The van der Waals surface area contributed by atoms with Crippen LogP contribution in [0.3, 0.4) is 0 Å². The van der Waals surface area contributed by atoms with Crippen LogP contribution in [0.4, 0.5) is 21.0 Å². The van der Waals surface area contributed by atoms with E-state index in [0.29, 0.717) is 79.3 Å². The van der Waals surface area contributed by atoms with E-state index in [9.17, 15) is 34.1 Å². The number of anilines is 1. The maximum absolute atomic E-state index is 13.7. The van der Waals surface area contributed by atoms with Gasteiger partial charge in [0.1, 0.15) is 17.4 Å². The van der Waals surface area contributed by atoms with E-state index >= 15 is 0 Å². The summed E-state index contributed by atoms with van der Waals surface area (Å²) in [5.74, 6) is -1.92. The molecule has 0 spiro atoms. The zero-order chi connectivity index (χ0) is 48.6. The van der Waals surface area contributed by atoms with Crippen molar-refractivity contribution in [1.82, 2.24) is 15.5 Å². The third-order valence-corrected chi connectivity index (χ3v) is 8.35. The lowest BCUT2D eigenvalue weighted by Gasteiger charge is -2.24. The van der Waals surface area contributed by atoms with E-state index in [1.54, 1.807) is 27.9 Å². The summed E-state index contributed by atoms with van der Waals surface area (Å²) in [6, 6.07) is 9.49. The molecule has 23 heteroatoms. The summed E-state index contributed by atoms with van der Waals surface area (Å²) in [4.78, 5) is 75.2. The predicted molar refractivity (Wildman–Crippen MR) is 235 cm³/mol. The number of hydrogen-bond acceptors (Lipinski definition) is 18. The highest BCUT2D eigenvalue weighted by Crippen LogP contribution is 2.24. The molecule has 0 aliphatic heterocycles. The molecular weight excluding hydrogens is 874 g/mol. The van der Waals surface area contributed by atoms with Crippen LogP contribution in [0.5, 0.6) is 5.75 Å². The summed E-state index contributed by atoms with van der Waals surface area (Å²) in [5, 5.41) is 18.4. The van der Waals surface area contributed by atoms with Crippen LogP contribution >= 0.6 is 0 Å². The molecule has 2 aromatic rings. The van der Waals surface area contributed by atoms with Crippen molar-refractivity contribution in [2.24, 2.45) is 0 Å². The fraction of sp³-hybridized carbons (Fsp3) is 0.605. The third-order valence-electron chi connectivity index (χ3n) is 8.35. The highest BCUT2D eigenvalue weighted by molar-refractivity contribution is 5.95. The van der Waals surface area contributed by atoms with E-state index in [-0.39, 0.29) is 49.1 Å². The zero-order valence-electron chi connectivity index (χ0n) is 38.5. The number of benzene rings is 2. The van der Waals surface area contributed by atoms with Crippen LogP contribution in [0.1, 0.15) is 39.4 Å². The van der Waals surface area contributed by atoms with Gasteiger partial charge >= 0.3 is 12.2 Å². The van der Waals surface area contributed by atoms with Gasteiger partial charge in [-0.1, -0.05) is 12.1 Å². The maximum Gasteiger partial charge on any atom is 0.514 e. The van der Waals surface area contributed by atoms with Gasteiger partial charge in [-0.25, -0.2) is 9.59 Å². The molecule has 0 aromatic heterocycles. The summed E-state index contributed by atoms with van der Waals surface area (Å²) in [6.07, 6.45) is -3.57. The largest absolute Gasteiger partial charge is 0.514 e. The van der Waals surface area contributed by atoms with E-state index in [4.69, 9.17) is 52.1 Å². The van der Waals surface area contributed by atoms with Crippen LogP contribution < -0.4 is 20.7 Å². The molecule has 0 aliphatic rings. The second kappa shape index (κ2) is 33.0. The highest BCUT2D eigenvalue weighted by Gasteiger charge is 2.29. The third kappa shape index (κ3) is 26.4. The number of carbonyl (C=O) groups is 5. The smallest absolute Gasteiger partial charge is 0.444 e. The fourth-order valence-corrected chi connectivity index (χ4v) is 5.01. The van der Waals surface area contributed by atoms with Gasteiger partial charge in [0.25, 0.3) is 11.6 Å². The first-order valence-electron chi connectivity index (χ1n) is 21.2. The molecule has 23 nitrogen and oxygen atoms in total. The van der Waals surface area contributed by atoms with Gasteiger partial charge < -0.3 is 73.0 Å². The maximum atomic E-state index is 13.7. The molecule has 0 heterocycles. The molecule has 0 fully saturated rings. The first kappa shape index (κ1) is 56.6. The van der Waals surface area contributed by atoms with Gasteiger partial charge in [-0.15, -0.1) is 0 Å². The average Bonchev–Trinajstić information content (AvgIpc) is 3.27. The standard InChI is InChI=1S/C43H65N5O18/c1-32(45-41(52)66-43(2,3)4)39(50)44-31-37(49)46-34-9-7-33(8-10-34)38(65-42(53)64-36-13-11-35(12-14-36)48(54)55)40(51)47(5)15-16-57-19-20-59-23-24-61-27-28-63-30-29-62-26-25-60-22-21-58-18-17-56-6/h7-14,32,38H,15-31H2,1-6H3,(H,44,50)(H,45,52)(H,46,49). The summed E-state index contributed by atoms with van der Waals surface area (Å²) >= 11 is 0. The fourth-order valence-electron chi connectivity index (χ4n) is 5.01. The normalized spacial score (nSPS) is 12.1. The van der Waals surface area contributed by atoms with Crippen LogP contribution in [-0.4, -0.2) is 178 Å². The number of nitro benzene ring substituents is 1. The number of ether oxygens (including phenoxy) is 11. The Morgan fingerprint density at radius 2 is 1.17 bits per heavy atom. The van der Waals surface area contributed by atoms with Gasteiger partial charge in [0.05, 0.1) is 111 Å². The van der Waals surface area contributed by atoms with E-state index < -0.39 is 59.2 Å². The number of nitro groups is 1. The van der Waals surface area contributed by atoms with Crippen LogP contribution in [0.2, 0.25) is 0 Å². The molecule has 370 valence electrons. The van der Waals surface area contributed by atoms with Gasteiger partial charge in [-0.3, -0.25) is 24.5 Å². The molecule has 0 bridgehead atoms. The Labute approximate surface area is 384 Å². The minimum absolute atomic E-state index is 0.0615. The lowest BCUT2D eigenvalue weighted by molar-refractivity contribution is -0.384. The SMILES string of the molecule is COCCOCCOCCOCCOCCOCCOCCOCCN(C)C(=O)C(OC(=O)Oc1ccc([N+](=O)[O-])cc1)c1ccc(NC(=O)CNC(=O)C(C)NC(=O)OC(C)(C)C)cc1. The quantitative estimate of drug-likeness (QED) is 0.0299. The van der Waals surface area contributed by atoms with Crippen LogP contribution in [0.15, 0.2) is 48.5 Å². The van der Waals surface area contributed by atoms with Crippen LogP contribution in [-0.2, 0) is 61.8 Å². The molecule has 0 aliphatic carbocycles. The molecule has 4 amide bonds. The number of nitrogens with one attached hydrogen (secondary N) is 3. The number of nitrogens with zero attached hydrogens (tertiary/aromatic N) is 2. The lowest BCUT2D eigenvalue weighted by atomic mass is 10.1. The molecule has 2 unspecified atom stereocenters.